The lowest BCUT2D eigenvalue weighted by atomic mass is 10.2. The Bertz CT molecular complexity index is 430. The molecule has 6 nitrogen and oxygen atoms in total. The molecule has 17 heavy (non-hydrogen) atoms. The molecule has 0 aliphatic carbocycles. The maximum atomic E-state index is 10.8. The molecule has 1 aromatic carbocycles. The van der Waals surface area contributed by atoms with Crippen molar-refractivity contribution in [1.29, 1.82) is 0 Å². The van der Waals surface area contributed by atoms with E-state index in [1.54, 1.807) is 0 Å². The second kappa shape index (κ2) is 5.83. The molecule has 1 rings (SSSR count). The summed E-state index contributed by atoms with van der Waals surface area (Å²) in [7, 11) is 0. The van der Waals surface area contributed by atoms with Gasteiger partial charge in [0.15, 0.2) is 5.75 Å². The second-order valence-corrected chi connectivity index (χ2v) is 3.45. The summed E-state index contributed by atoms with van der Waals surface area (Å²) in [6.45, 7) is 2.36. The average molecular weight is 239 g/mol. The number of unbranched alkanes of at least 4 members (excludes halogenated alkanes) is 1. The highest BCUT2D eigenvalue weighted by molar-refractivity contribution is 5.88. The van der Waals surface area contributed by atoms with Crippen LogP contribution in [0.2, 0.25) is 0 Å². The van der Waals surface area contributed by atoms with Gasteiger partial charge in [0, 0.05) is 6.07 Å². The number of benzene rings is 1. The van der Waals surface area contributed by atoms with Gasteiger partial charge in [-0.15, -0.1) is 0 Å². The first-order valence-corrected chi connectivity index (χ1v) is 5.20. The van der Waals surface area contributed by atoms with E-state index in [2.05, 4.69) is 0 Å². The summed E-state index contributed by atoms with van der Waals surface area (Å²) < 4.78 is 5.24. The topological polar surface area (TPSA) is 89.7 Å². The zero-order valence-electron chi connectivity index (χ0n) is 9.38. The van der Waals surface area contributed by atoms with Crippen LogP contribution in [-0.4, -0.2) is 22.6 Å². The molecule has 6 heteroatoms. The first-order chi connectivity index (χ1) is 8.06. The number of carboxylic acids is 1. The minimum absolute atomic E-state index is 0.105. The smallest absolute Gasteiger partial charge is 0.335 e. The number of rotatable bonds is 6. The summed E-state index contributed by atoms with van der Waals surface area (Å²) >= 11 is 0. The van der Waals surface area contributed by atoms with Crippen LogP contribution in [0.5, 0.6) is 5.75 Å². The molecule has 0 unspecified atom stereocenters. The summed E-state index contributed by atoms with van der Waals surface area (Å²) in [6, 6.07) is 3.61. The standard InChI is InChI=1S/C11H13NO5/c1-2-3-6-17-10-5-4-8(11(13)14)7-9(10)12(15)16/h4-5,7H,2-3,6H2,1H3,(H,13,14). The van der Waals surface area contributed by atoms with Crippen molar-refractivity contribution in [2.24, 2.45) is 0 Å². The minimum Gasteiger partial charge on any atom is -0.487 e. The summed E-state index contributed by atoms with van der Waals surface area (Å²) in [4.78, 5) is 20.8. The predicted octanol–water partition coefficient (Wildman–Crippen LogP) is 2.47. The van der Waals surface area contributed by atoms with Crippen molar-refractivity contribution < 1.29 is 19.6 Å². The van der Waals surface area contributed by atoms with Crippen LogP contribution >= 0.6 is 0 Å². The van der Waals surface area contributed by atoms with Crippen molar-refractivity contribution in [3.05, 3.63) is 33.9 Å². The minimum atomic E-state index is -1.20. The van der Waals surface area contributed by atoms with Crippen molar-refractivity contribution in [3.8, 4) is 5.75 Å². The highest BCUT2D eigenvalue weighted by Gasteiger charge is 2.18. The quantitative estimate of drug-likeness (QED) is 0.468. The van der Waals surface area contributed by atoms with Crippen LogP contribution in [0, 0.1) is 10.1 Å². The summed E-state index contributed by atoms with van der Waals surface area (Å²) in [5.74, 6) is -1.10. The largest absolute Gasteiger partial charge is 0.487 e. The molecule has 0 aromatic heterocycles. The fourth-order valence-electron chi connectivity index (χ4n) is 1.24. The predicted molar refractivity (Wildman–Crippen MR) is 60.5 cm³/mol. The Kier molecular flexibility index (Phi) is 4.45. The summed E-state index contributed by atoms with van der Waals surface area (Å²) in [6.07, 6.45) is 1.71. The van der Waals surface area contributed by atoms with Gasteiger partial charge in [-0.2, -0.15) is 0 Å². The number of ether oxygens (including phenoxy) is 1. The number of aromatic carboxylic acids is 1. The number of hydrogen-bond donors (Lipinski definition) is 1. The van der Waals surface area contributed by atoms with E-state index in [0.717, 1.165) is 18.9 Å². The maximum Gasteiger partial charge on any atom is 0.335 e. The van der Waals surface area contributed by atoms with Gasteiger partial charge in [0.2, 0.25) is 0 Å². The average Bonchev–Trinajstić information content (AvgIpc) is 2.29. The van der Waals surface area contributed by atoms with Gasteiger partial charge in [-0.05, 0) is 18.6 Å². The third kappa shape index (κ3) is 3.44. The van der Waals surface area contributed by atoms with Crippen LogP contribution in [0.1, 0.15) is 30.1 Å². The Morgan fingerprint density at radius 2 is 2.24 bits per heavy atom. The number of nitro groups is 1. The van der Waals surface area contributed by atoms with Crippen LogP contribution in [-0.2, 0) is 0 Å². The molecule has 0 spiro atoms. The van der Waals surface area contributed by atoms with E-state index in [1.807, 2.05) is 6.92 Å². The molecule has 0 amide bonds. The summed E-state index contributed by atoms with van der Waals surface area (Å²) in [5, 5.41) is 19.5. The molecule has 92 valence electrons. The Balaban J connectivity index is 2.96. The van der Waals surface area contributed by atoms with Gasteiger partial charge in [0.05, 0.1) is 17.1 Å². The van der Waals surface area contributed by atoms with E-state index < -0.39 is 10.9 Å². The molecular weight excluding hydrogens is 226 g/mol. The van der Waals surface area contributed by atoms with E-state index in [4.69, 9.17) is 9.84 Å². The number of carboxylic acid groups (broad SMARTS) is 1. The van der Waals surface area contributed by atoms with E-state index >= 15 is 0 Å². The number of nitro benzene ring substituents is 1. The van der Waals surface area contributed by atoms with Crippen LogP contribution in [0.25, 0.3) is 0 Å². The van der Waals surface area contributed by atoms with Gasteiger partial charge < -0.3 is 9.84 Å². The van der Waals surface area contributed by atoms with Gasteiger partial charge in [0.25, 0.3) is 0 Å². The SMILES string of the molecule is CCCCOc1ccc(C(=O)O)cc1[N+](=O)[O-]. The molecule has 0 saturated carbocycles. The third-order valence-corrected chi connectivity index (χ3v) is 2.16. The van der Waals surface area contributed by atoms with E-state index in [0.29, 0.717) is 6.61 Å². The van der Waals surface area contributed by atoms with Gasteiger partial charge >= 0.3 is 11.7 Å². The van der Waals surface area contributed by atoms with Crippen molar-refractivity contribution >= 4 is 11.7 Å². The molecule has 1 N–H and O–H groups in total. The van der Waals surface area contributed by atoms with Crippen molar-refractivity contribution in [2.45, 2.75) is 19.8 Å². The van der Waals surface area contributed by atoms with Gasteiger partial charge in [-0.1, -0.05) is 13.3 Å². The second-order valence-electron chi connectivity index (χ2n) is 3.45. The molecule has 0 saturated heterocycles. The molecule has 0 fully saturated rings. The number of hydrogen-bond acceptors (Lipinski definition) is 4. The van der Waals surface area contributed by atoms with Crippen LogP contribution < -0.4 is 4.74 Å². The highest BCUT2D eigenvalue weighted by atomic mass is 16.6. The molecule has 0 heterocycles. The Morgan fingerprint density at radius 3 is 2.76 bits per heavy atom. The lowest BCUT2D eigenvalue weighted by Crippen LogP contribution is -2.03. The van der Waals surface area contributed by atoms with Crippen LogP contribution in [0.3, 0.4) is 0 Å². The summed E-state index contributed by atoms with van der Waals surface area (Å²) in [5.41, 5.74) is -0.444. The van der Waals surface area contributed by atoms with Crippen molar-refractivity contribution in [1.82, 2.24) is 0 Å². The zero-order valence-corrected chi connectivity index (χ0v) is 9.38. The maximum absolute atomic E-state index is 10.8. The highest BCUT2D eigenvalue weighted by Crippen LogP contribution is 2.28. The lowest BCUT2D eigenvalue weighted by molar-refractivity contribution is -0.385. The zero-order chi connectivity index (χ0) is 12.8. The Morgan fingerprint density at radius 1 is 1.53 bits per heavy atom. The molecule has 0 aliphatic rings. The Hall–Kier alpha value is -2.11. The number of carbonyl (C=O) groups is 1. The molecule has 0 radical (unpaired) electrons. The van der Waals surface area contributed by atoms with Crippen molar-refractivity contribution in [2.75, 3.05) is 6.61 Å². The molecule has 0 bridgehead atoms. The number of nitrogens with zero attached hydrogens (tertiary/aromatic N) is 1. The monoisotopic (exact) mass is 239 g/mol. The molecular formula is C11H13NO5. The van der Waals surface area contributed by atoms with E-state index in [9.17, 15) is 14.9 Å². The van der Waals surface area contributed by atoms with E-state index in [1.165, 1.54) is 12.1 Å². The van der Waals surface area contributed by atoms with Gasteiger partial charge in [0.1, 0.15) is 0 Å². The first kappa shape index (κ1) is 13.0. The Labute approximate surface area is 98.0 Å². The molecule has 0 atom stereocenters. The third-order valence-electron chi connectivity index (χ3n) is 2.16. The van der Waals surface area contributed by atoms with Gasteiger partial charge in [-0.3, -0.25) is 10.1 Å². The fraction of sp³-hybridized carbons (Fsp3) is 0.364. The lowest BCUT2D eigenvalue weighted by Gasteiger charge is -2.06. The molecule has 0 aliphatic heterocycles. The molecule has 1 aromatic rings. The van der Waals surface area contributed by atoms with Crippen molar-refractivity contribution in [3.63, 3.8) is 0 Å². The van der Waals surface area contributed by atoms with E-state index in [-0.39, 0.29) is 17.0 Å². The van der Waals surface area contributed by atoms with Gasteiger partial charge in [-0.25, -0.2) is 4.79 Å². The fourth-order valence-corrected chi connectivity index (χ4v) is 1.24. The first-order valence-electron chi connectivity index (χ1n) is 5.20. The van der Waals surface area contributed by atoms with Crippen LogP contribution in [0.4, 0.5) is 5.69 Å². The van der Waals surface area contributed by atoms with Crippen LogP contribution in [0.15, 0.2) is 18.2 Å². The normalized spacial score (nSPS) is 9.94.